The van der Waals surface area contributed by atoms with Crippen LogP contribution >= 0.6 is 0 Å². The van der Waals surface area contributed by atoms with Gasteiger partial charge in [0.25, 0.3) is 0 Å². The molecule has 3 aliphatic carbocycles. The van der Waals surface area contributed by atoms with Gasteiger partial charge >= 0.3 is 0 Å². The summed E-state index contributed by atoms with van der Waals surface area (Å²) in [5, 5.41) is 11.0. The Kier molecular flexibility index (Phi) is 4.84. The second-order valence-corrected chi connectivity index (χ2v) is 11.6. The summed E-state index contributed by atoms with van der Waals surface area (Å²) in [5.41, 5.74) is -1.82. The number of fused-ring (bicyclic) bond motifs is 1. The van der Waals surface area contributed by atoms with Gasteiger partial charge in [-0.3, -0.25) is 9.59 Å². The molecule has 4 unspecified atom stereocenters. The number of aromatic hydroxyl groups is 1. The number of carbonyl (C=O) groups excluding carboxylic acids is 2. The van der Waals surface area contributed by atoms with E-state index >= 15 is 0 Å². The summed E-state index contributed by atoms with van der Waals surface area (Å²) in [5.74, 6) is -0.596. The summed E-state index contributed by atoms with van der Waals surface area (Å²) in [6.07, 6.45) is 6.36. The number of hydrogen-bond acceptors (Lipinski definition) is 6. The fraction of sp³-hybridized carbons (Fsp3) is 0.517. The summed E-state index contributed by atoms with van der Waals surface area (Å²) in [4.78, 5) is 28.2. The summed E-state index contributed by atoms with van der Waals surface area (Å²) in [7, 11) is 1.51. The maximum Gasteiger partial charge on any atom is 0.200 e. The summed E-state index contributed by atoms with van der Waals surface area (Å²) < 4.78 is 19.3. The molecule has 1 aromatic rings. The average Bonchev–Trinajstić information content (AvgIpc) is 2.94. The number of methoxy groups -OCH3 is 1. The van der Waals surface area contributed by atoms with Crippen LogP contribution in [0.4, 0.5) is 0 Å². The molecule has 0 aromatic heterocycles. The van der Waals surface area contributed by atoms with Crippen molar-refractivity contribution in [2.24, 2.45) is 11.8 Å². The average molecular weight is 479 g/mol. The molecule has 0 amide bonds. The van der Waals surface area contributed by atoms with E-state index in [1.165, 1.54) is 13.2 Å². The van der Waals surface area contributed by atoms with Crippen molar-refractivity contribution < 1.29 is 28.9 Å². The van der Waals surface area contributed by atoms with Crippen LogP contribution in [0.2, 0.25) is 0 Å². The number of allylic oxidation sites excluding steroid dienone is 3. The van der Waals surface area contributed by atoms with E-state index in [9.17, 15) is 14.7 Å². The summed E-state index contributed by atoms with van der Waals surface area (Å²) in [6, 6.07) is 1.46. The molecule has 1 spiro atoms. The summed E-state index contributed by atoms with van der Waals surface area (Å²) in [6.45, 7) is 15.8. The van der Waals surface area contributed by atoms with Crippen molar-refractivity contribution in [1.82, 2.24) is 0 Å². The van der Waals surface area contributed by atoms with Crippen molar-refractivity contribution in [2.75, 3.05) is 7.11 Å². The Labute approximate surface area is 206 Å². The monoisotopic (exact) mass is 478 g/mol. The van der Waals surface area contributed by atoms with Crippen LogP contribution < -0.4 is 9.47 Å². The Morgan fingerprint density at radius 3 is 2.60 bits per heavy atom. The second-order valence-electron chi connectivity index (χ2n) is 11.6. The van der Waals surface area contributed by atoms with Gasteiger partial charge in [0.2, 0.25) is 0 Å². The van der Waals surface area contributed by atoms with Gasteiger partial charge in [-0.15, -0.1) is 6.58 Å². The minimum atomic E-state index is -1.34. The van der Waals surface area contributed by atoms with Gasteiger partial charge in [0.15, 0.2) is 22.8 Å². The van der Waals surface area contributed by atoms with Gasteiger partial charge in [0.1, 0.15) is 22.8 Å². The molecule has 2 heterocycles. The molecule has 1 N–H and O–H groups in total. The van der Waals surface area contributed by atoms with Gasteiger partial charge in [0, 0.05) is 40.9 Å². The van der Waals surface area contributed by atoms with E-state index in [1.807, 2.05) is 47.6 Å². The molecule has 35 heavy (non-hydrogen) atoms. The highest BCUT2D eigenvalue weighted by Crippen LogP contribution is 2.68. The molecule has 6 rings (SSSR count). The van der Waals surface area contributed by atoms with Gasteiger partial charge in [-0.2, -0.15) is 0 Å². The molecule has 1 saturated carbocycles. The topological polar surface area (TPSA) is 82.1 Å². The Balaban J connectivity index is 1.88. The highest BCUT2D eigenvalue weighted by atomic mass is 16.6. The van der Waals surface area contributed by atoms with E-state index in [0.717, 1.165) is 5.57 Å². The van der Waals surface area contributed by atoms with E-state index in [-0.39, 0.29) is 34.5 Å². The highest BCUT2D eigenvalue weighted by molar-refractivity contribution is 6.18. The van der Waals surface area contributed by atoms with Crippen LogP contribution in [0.15, 0.2) is 42.0 Å². The van der Waals surface area contributed by atoms with Gasteiger partial charge in [-0.1, -0.05) is 37.6 Å². The number of benzene rings is 1. The molecule has 6 heteroatoms. The third-order valence-electron chi connectivity index (χ3n) is 8.49. The predicted octanol–water partition coefficient (Wildman–Crippen LogP) is 5.23. The molecular formula is C29H34O6. The molecule has 2 fully saturated rings. The molecule has 186 valence electrons. The van der Waals surface area contributed by atoms with Crippen LogP contribution in [-0.2, 0) is 14.9 Å². The lowest BCUT2D eigenvalue weighted by Gasteiger charge is -2.56. The molecule has 2 aliphatic heterocycles. The van der Waals surface area contributed by atoms with Crippen molar-refractivity contribution in [3.63, 3.8) is 0 Å². The minimum Gasteiger partial charge on any atom is -0.507 e. The van der Waals surface area contributed by atoms with Crippen molar-refractivity contribution >= 4 is 11.6 Å². The smallest absolute Gasteiger partial charge is 0.200 e. The number of carbonyl (C=O) groups is 2. The minimum absolute atomic E-state index is 0.0477. The lowest BCUT2D eigenvalue weighted by atomic mass is 9.51. The van der Waals surface area contributed by atoms with Crippen LogP contribution in [0.25, 0.3) is 0 Å². The van der Waals surface area contributed by atoms with Gasteiger partial charge in [-0.25, -0.2) is 0 Å². The van der Waals surface area contributed by atoms with Crippen molar-refractivity contribution in [2.45, 2.75) is 76.6 Å². The molecule has 1 saturated heterocycles. The Morgan fingerprint density at radius 2 is 2.00 bits per heavy atom. The first-order valence-corrected chi connectivity index (χ1v) is 12.2. The van der Waals surface area contributed by atoms with E-state index in [0.29, 0.717) is 29.7 Å². The number of phenols is 1. The number of Topliss-reactive ketones (excluding diaryl/α,β-unsaturated/α-hetero) is 2. The van der Waals surface area contributed by atoms with Crippen LogP contribution in [0.5, 0.6) is 17.2 Å². The standard InChI is InChI=1S/C29H34O6/c1-9-26(4,5)22-19(33-8)14-18(30)21-23(31)17-12-16-13-20-27(6,7)35-28(25(16)32,11-10-15(2)3)29(17,20)34-24(21)22/h9-10,12,14,16,20,30H,1,11,13H2,2-8H3. The van der Waals surface area contributed by atoms with Crippen molar-refractivity contribution in [1.29, 1.82) is 0 Å². The Bertz CT molecular complexity index is 1240. The van der Waals surface area contributed by atoms with Crippen LogP contribution in [0.1, 0.15) is 70.3 Å². The van der Waals surface area contributed by atoms with Crippen molar-refractivity contribution in [3.8, 4) is 17.2 Å². The molecule has 0 radical (unpaired) electrons. The number of ketones is 2. The molecule has 4 bridgehead atoms. The highest BCUT2D eigenvalue weighted by Gasteiger charge is 2.81. The van der Waals surface area contributed by atoms with Crippen LogP contribution in [0.3, 0.4) is 0 Å². The first kappa shape index (κ1) is 23.9. The third kappa shape index (κ3) is 2.75. The van der Waals surface area contributed by atoms with Crippen molar-refractivity contribution in [3.05, 3.63) is 53.1 Å². The maximum absolute atomic E-state index is 14.2. The van der Waals surface area contributed by atoms with E-state index in [1.54, 1.807) is 12.2 Å². The fourth-order valence-electron chi connectivity index (χ4n) is 6.79. The zero-order valence-corrected chi connectivity index (χ0v) is 21.6. The number of hydrogen-bond donors (Lipinski definition) is 1. The zero-order valence-electron chi connectivity index (χ0n) is 21.6. The summed E-state index contributed by atoms with van der Waals surface area (Å²) >= 11 is 0. The van der Waals surface area contributed by atoms with E-state index in [4.69, 9.17) is 14.2 Å². The van der Waals surface area contributed by atoms with Crippen LogP contribution in [-0.4, -0.2) is 40.6 Å². The first-order chi connectivity index (χ1) is 16.3. The number of ether oxygens (including phenoxy) is 3. The Morgan fingerprint density at radius 1 is 1.31 bits per heavy atom. The fourth-order valence-corrected chi connectivity index (χ4v) is 6.79. The molecular weight excluding hydrogens is 444 g/mol. The number of phenolic OH excluding ortho intramolecular Hbond substituents is 1. The molecule has 6 nitrogen and oxygen atoms in total. The normalized spacial score (nSPS) is 31.8. The zero-order chi connectivity index (χ0) is 25.7. The maximum atomic E-state index is 14.2. The molecule has 4 atom stereocenters. The van der Waals surface area contributed by atoms with E-state index < -0.39 is 28.1 Å². The largest absolute Gasteiger partial charge is 0.507 e. The molecule has 5 aliphatic rings. The van der Waals surface area contributed by atoms with Gasteiger partial charge in [-0.05, 0) is 34.1 Å². The Hall–Kier alpha value is -2.86. The second kappa shape index (κ2) is 7.10. The third-order valence-corrected chi connectivity index (χ3v) is 8.49. The quantitative estimate of drug-likeness (QED) is 0.584. The SMILES string of the molecule is C=CC(C)(C)c1c(OC)cc(O)c2c1OC13C(=CC4CC1C(C)(C)OC3(CC=C(C)C)C4=O)C2=O. The van der Waals surface area contributed by atoms with Gasteiger partial charge < -0.3 is 19.3 Å². The molecule has 1 aromatic carbocycles. The first-order valence-electron chi connectivity index (χ1n) is 12.2. The number of rotatable bonds is 5. The lowest BCUT2D eigenvalue weighted by Crippen LogP contribution is -2.72. The predicted molar refractivity (Wildman–Crippen MR) is 132 cm³/mol. The van der Waals surface area contributed by atoms with Crippen LogP contribution in [0, 0.1) is 11.8 Å². The van der Waals surface area contributed by atoms with Gasteiger partial charge in [0.05, 0.1) is 12.7 Å². The lowest BCUT2D eigenvalue weighted by molar-refractivity contribution is -0.171. The van der Waals surface area contributed by atoms with E-state index in [2.05, 4.69) is 6.58 Å².